The van der Waals surface area contributed by atoms with Gasteiger partial charge in [-0.3, -0.25) is 9.59 Å². The van der Waals surface area contributed by atoms with Crippen LogP contribution in [-0.2, 0) is 14.3 Å². The highest BCUT2D eigenvalue weighted by Crippen LogP contribution is 2.17. The molecule has 0 heterocycles. The van der Waals surface area contributed by atoms with Crippen LogP contribution in [0.15, 0.2) is 28.7 Å². The van der Waals surface area contributed by atoms with Gasteiger partial charge < -0.3 is 14.8 Å². The van der Waals surface area contributed by atoms with Gasteiger partial charge in [-0.15, -0.1) is 0 Å². The number of hydrogen-bond donors (Lipinski definition) is 1. The topological polar surface area (TPSA) is 64.6 Å². The lowest BCUT2D eigenvalue weighted by molar-refractivity contribution is -0.143. The second-order valence-corrected chi connectivity index (χ2v) is 4.24. The monoisotopic (exact) mass is 315 g/mol. The number of benzene rings is 1. The van der Waals surface area contributed by atoms with E-state index in [0.717, 1.165) is 4.47 Å². The van der Waals surface area contributed by atoms with Crippen molar-refractivity contribution in [2.45, 2.75) is 6.92 Å². The molecule has 98 valence electrons. The molecule has 18 heavy (non-hydrogen) atoms. The summed E-state index contributed by atoms with van der Waals surface area (Å²) in [6.07, 6.45) is 0. The lowest BCUT2D eigenvalue weighted by Gasteiger charge is -2.07. The molecule has 1 rings (SSSR count). The van der Waals surface area contributed by atoms with Crippen LogP contribution in [0, 0.1) is 0 Å². The molecule has 0 aliphatic rings. The molecule has 0 spiro atoms. The van der Waals surface area contributed by atoms with Crippen molar-refractivity contribution in [1.29, 1.82) is 0 Å². The number of rotatable bonds is 6. The molecule has 1 N–H and O–H groups in total. The molecule has 0 unspecified atom stereocenters. The first kappa shape index (κ1) is 14.5. The molecule has 0 saturated heterocycles. The van der Waals surface area contributed by atoms with Gasteiger partial charge in [-0.05, 0) is 25.1 Å². The first-order valence-corrected chi connectivity index (χ1v) is 6.21. The Labute approximate surface area is 114 Å². The first-order chi connectivity index (χ1) is 8.61. The predicted octanol–water partition coefficient (Wildman–Crippen LogP) is 1.51. The molecule has 6 heteroatoms. The number of amides is 1. The van der Waals surface area contributed by atoms with Crippen LogP contribution < -0.4 is 10.1 Å². The lowest BCUT2D eigenvalue weighted by atomic mass is 10.3. The summed E-state index contributed by atoms with van der Waals surface area (Å²) < 4.78 is 10.8. The highest BCUT2D eigenvalue weighted by molar-refractivity contribution is 9.10. The molecule has 0 aliphatic heterocycles. The molecular weight excluding hydrogens is 302 g/mol. The Bertz CT molecular complexity index is 422. The minimum atomic E-state index is -0.465. The third-order valence-electron chi connectivity index (χ3n) is 1.90. The summed E-state index contributed by atoms with van der Waals surface area (Å²) in [6.45, 7) is 1.71. The number of hydrogen-bond acceptors (Lipinski definition) is 4. The lowest BCUT2D eigenvalue weighted by Crippen LogP contribution is -2.34. The number of carbonyl (C=O) groups is 2. The van der Waals surface area contributed by atoms with Gasteiger partial charge in [-0.1, -0.05) is 22.0 Å². The molecule has 0 saturated carbocycles. The van der Waals surface area contributed by atoms with Crippen molar-refractivity contribution < 1.29 is 19.1 Å². The molecular formula is C12H14BrNO4. The van der Waals surface area contributed by atoms with Gasteiger partial charge in [-0.2, -0.15) is 0 Å². The summed E-state index contributed by atoms with van der Waals surface area (Å²) in [5, 5.41) is 2.40. The quantitative estimate of drug-likeness (QED) is 0.808. The van der Waals surface area contributed by atoms with Crippen molar-refractivity contribution in [3.8, 4) is 5.75 Å². The van der Waals surface area contributed by atoms with Crippen molar-refractivity contribution in [2.24, 2.45) is 0 Å². The maximum absolute atomic E-state index is 11.4. The van der Waals surface area contributed by atoms with Crippen molar-refractivity contribution in [3.63, 3.8) is 0 Å². The van der Waals surface area contributed by atoms with Gasteiger partial charge in [0, 0.05) is 4.47 Å². The molecule has 0 atom stereocenters. The summed E-state index contributed by atoms with van der Waals surface area (Å²) in [5.41, 5.74) is 0. The average Bonchev–Trinajstić information content (AvgIpc) is 2.34. The van der Waals surface area contributed by atoms with Crippen LogP contribution in [-0.4, -0.2) is 31.6 Å². The number of carbonyl (C=O) groups excluding carboxylic acids is 2. The maximum atomic E-state index is 11.4. The van der Waals surface area contributed by atoms with Crippen LogP contribution in [0.25, 0.3) is 0 Å². The van der Waals surface area contributed by atoms with Crippen LogP contribution in [0.1, 0.15) is 6.92 Å². The van der Waals surface area contributed by atoms with Gasteiger partial charge in [0.15, 0.2) is 6.61 Å². The Hall–Kier alpha value is -1.56. The van der Waals surface area contributed by atoms with Gasteiger partial charge in [0.1, 0.15) is 12.3 Å². The molecule has 0 fully saturated rings. The zero-order chi connectivity index (χ0) is 13.4. The SMILES string of the molecule is CCOC(=O)CNC(=O)COc1cccc(Br)c1. The standard InChI is InChI=1S/C12H14BrNO4/c1-2-17-12(16)7-14-11(15)8-18-10-5-3-4-9(13)6-10/h3-6H,2,7-8H2,1H3,(H,14,15). The molecule has 1 aromatic rings. The Morgan fingerprint density at radius 3 is 2.83 bits per heavy atom. The molecule has 0 radical (unpaired) electrons. The number of halogens is 1. The number of esters is 1. The summed E-state index contributed by atoms with van der Waals surface area (Å²) >= 11 is 3.29. The van der Waals surface area contributed by atoms with E-state index < -0.39 is 5.97 Å². The Morgan fingerprint density at radius 2 is 2.17 bits per heavy atom. The minimum Gasteiger partial charge on any atom is -0.484 e. The second-order valence-electron chi connectivity index (χ2n) is 3.33. The summed E-state index contributed by atoms with van der Waals surface area (Å²) in [4.78, 5) is 22.3. The molecule has 1 amide bonds. The minimum absolute atomic E-state index is 0.143. The van der Waals surface area contributed by atoms with Crippen LogP contribution in [0.5, 0.6) is 5.75 Å². The van der Waals surface area contributed by atoms with Crippen molar-refractivity contribution in [1.82, 2.24) is 5.32 Å². The second kappa shape index (κ2) is 7.71. The average molecular weight is 316 g/mol. The Kier molecular flexibility index (Phi) is 6.21. The van der Waals surface area contributed by atoms with E-state index in [1.54, 1.807) is 25.1 Å². The van der Waals surface area contributed by atoms with Gasteiger partial charge >= 0.3 is 5.97 Å². The van der Waals surface area contributed by atoms with E-state index in [4.69, 9.17) is 4.74 Å². The van der Waals surface area contributed by atoms with Gasteiger partial charge in [-0.25, -0.2) is 0 Å². The fraction of sp³-hybridized carbons (Fsp3) is 0.333. The first-order valence-electron chi connectivity index (χ1n) is 5.42. The van der Waals surface area contributed by atoms with Gasteiger partial charge in [0.25, 0.3) is 5.91 Å². The highest BCUT2D eigenvalue weighted by Gasteiger charge is 2.06. The molecule has 5 nitrogen and oxygen atoms in total. The molecule has 0 aromatic heterocycles. The number of nitrogens with one attached hydrogen (secondary N) is 1. The number of ether oxygens (including phenoxy) is 2. The van der Waals surface area contributed by atoms with Gasteiger partial charge in [0.2, 0.25) is 0 Å². The fourth-order valence-corrected chi connectivity index (χ4v) is 1.52. The Morgan fingerprint density at radius 1 is 1.39 bits per heavy atom. The van der Waals surface area contributed by atoms with E-state index in [1.165, 1.54) is 0 Å². The third-order valence-corrected chi connectivity index (χ3v) is 2.39. The summed E-state index contributed by atoms with van der Waals surface area (Å²) in [7, 11) is 0. The predicted molar refractivity (Wildman–Crippen MR) is 69.3 cm³/mol. The largest absolute Gasteiger partial charge is 0.484 e. The zero-order valence-corrected chi connectivity index (χ0v) is 11.5. The van der Waals surface area contributed by atoms with Crippen LogP contribution >= 0.6 is 15.9 Å². The molecule has 0 bridgehead atoms. The van der Waals surface area contributed by atoms with E-state index in [1.807, 2.05) is 6.07 Å². The molecule has 0 aliphatic carbocycles. The van der Waals surface area contributed by atoms with Crippen molar-refractivity contribution in [2.75, 3.05) is 19.8 Å². The fourth-order valence-electron chi connectivity index (χ4n) is 1.14. The van der Waals surface area contributed by atoms with E-state index in [0.29, 0.717) is 12.4 Å². The van der Waals surface area contributed by atoms with E-state index >= 15 is 0 Å². The third kappa shape index (κ3) is 5.67. The van der Waals surface area contributed by atoms with E-state index in [-0.39, 0.29) is 19.1 Å². The van der Waals surface area contributed by atoms with E-state index in [2.05, 4.69) is 26.0 Å². The zero-order valence-electron chi connectivity index (χ0n) is 9.94. The van der Waals surface area contributed by atoms with Crippen molar-refractivity contribution in [3.05, 3.63) is 28.7 Å². The van der Waals surface area contributed by atoms with Crippen LogP contribution in [0.3, 0.4) is 0 Å². The summed E-state index contributed by atoms with van der Waals surface area (Å²) in [5.74, 6) is -0.257. The van der Waals surface area contributed by atoms with E-state index in [9.17, 15) is 9.59 Å². The van der Waals surface area contributed by atoms with Crippen LogP contribution in [0.4, 0.5) is 0 Å². The molecule has 1 aromatic carbocycles. The Balaban J connectivity index is 2.27. The smallest absolute Gasteiger partial charge is 0.325 e. The normalized spacial score (nSPS) is 9.67. The maximum Gasteiger partial charge on any atom is 0.325 e. The summed E-state index contributed by atoms with van der Waals surface area (Å²) in [6, 6.07) is 7.14. The van der Waals surface area contributed by atoms with Gasteiger partial charge in [0.05, 0.1) is 6.61 Å². The van der Waals surface area contributed by atoms with Crippen molar-refractivity contribution >= 4 is 27.8 Å². The highest BCUT2D eigenvalue weighted by atomic mass is 79.9. The van der Waals surface area contributed by atoms with Crippen LogP contribution in [0.2, 0.25) is 0 Å².